The minimum atomic E-state index is -0.644. The summed E-state index contributed by atoms with van der Waals surface area (Å²) in [6.07, 6.45) is -1.24. The molecular weight excluding hydrogens is 408 g/mol. The molecule has 0 saturated carbocycles. The maximum Gasteiger partial charge on any atom is 0.413 e. The first-order valence-electron chi connectivity index (χ1n) is 10.5. The summed E-state index contributed by atoms with van der Waals surface area (Å²) < 4.78 is 10.6. The zero-order valence-corrected chi connectivity index (χ0v) is 20.0. The summed E-state index contributed by atoms with van der Waals surface area (Å²) in [6.45, 7) is 12.0. The molecule has 0 radical (unpaired) electrons. The summed E-state index contributed by atoms with van der Waals surface area (Å²) >= 11 is 0. The number of pyridine rings is 1. The predicted molar refractivity (Wildman–Crippen MR) is 126 cm³/mol. The van der Waals surface area contributed by atoms with Gasteiger partial charge in [0.25, 0.3) is 0 Å². The lowest BCUT2D eigenvalue weighted by atomic mass is 10.2. The van der Waals surface area contributed by atoms with E-state index in [-0.39, 0.29) is 11.6 Å². The third-order valence-electron chi connectivity index (χ3n) is 3.89. The van der Waals surface area contributed by atoms with Crippen LogP contribution in [0.1, 0.15) is 52.7 Å². The van der Waals surface area contributed by atoms with Crippen LogP contribution < -0.4 is 10.6 Å². The number of hydrogen-bond donors (Lipinski definition) is 2. The standard InChI is InChI=1S/C24H34N4O4/c1-23(2,3)31-21(29)26-19-13-18(16-28(7)15-17-11-9-8-10-12-17)14-20(25-19)27-22(30)32-24(4,5)6/h8-14H,15-16H2,1-7H3,(H2,25,26,27,29,30). The summed E-state index contributed by atoms with van der Waals surface area (Å²) in [6, 6.07) is 13.6. The van der Waals surface area contributed by atoms with Gasteiger partial charge < -0.3 is 9.47 Å². The van der Waals surface area contributed by atoms with E-state index in [1.54, 1.807) is 53.7 Å². The maximum absolute atomic E-state index is 12.2. The fourth-order valence-corrected chi connectivity index (χ4v) is 2.89. The number of benzene rings is 1. The van der Waals surface area contributed by atoms with Gasteiger partial charge in [-0.05, 0) is 71.8 Å². The first-order valence-corrected chi connectivity index (χ1v) is 10.5. The Balaban J connectivity index is 2.20. The van der Waals surface area contributed by atoms with E-state index in [1.165, 1.54) is 5.56 Å². The Labute approximate surface area is 190 Å². The lowest BCUT2D eigenvalue weighted by molar-refractivity contribution is 0.0625. The third-order valence-corrected chi connectivity index (χ3v) is 3.89. The molecule has 0 unspecified atom stereocenters. The highest BCUT2D eigenvalue weighted by Gasteiger charge is 2.19. The molecule has 174 valence electrons. The van der Waals surface area contributed by atoms with Crippen molar-refractivity contribution in [3.63, 3.8) is 0 Å². The van der Waals surface area contributed by atoms with Gasteiger partial charge >= 0.3 is 12.2 Å². The number of amides is 2. The topological polar surface area (TPSA) is 92.8 Å². The molecule has 0 spiro atoms. The zero-order valence-electron chi connectivity index (χ0n) is 20.0. The molecule has 0 aliphatic heterocycles. The molecular formula is C24H34N4O4. The van der Waals surface area contributed by atoms with E-state index in [1.807, 2.05) is 25.2 Å². The summed E-state index contributed by atoms with van der Waals surface area (Å²) in [5, 5.41) is 5.28. The number of rotatable bonds is 6. The molecule has 1 heterocycles. The van der Waals surface area contributed by atoms with E-state index < -0.39 is 23.4 Å². The molecule has 0 atom stereocenters. The van der Waals surface area contributed by atoms with Crippen LogP contribution in [0.2, 0.25) is 0 Å². The average Bonchev–Trinajstić information content (AvgIpc) is 2.58. The normalized spacial score (nSPS) is 11.8. The van der Waals surface area contributed by atoms with Crippen molar-refractivity contribution in [3.05, 3.63) is 53.6 Å². The molecule has 0 fully saturated rings. The van der Waals surface area contributed by atoms with Crippen LogP contribution in [0.3, 0.4) is 0 Å². The Hall–Kier alpha value is -3.13. The van der Waals surface area contributed by atoms with E-state index in [4.69, 9.17) is 9.47 Å². The van der Waals surface area contributed by atoms with Gasteiger partial charge in [0, 0.05) is 13.1 Å². The monoisotopic (exact) mass is 442 g/mol. The van der Waals surface area contributed by atoms with Crippen molar-refractivity contribution in [2.75, 3.05) is 17.7 Å². The van der Waals surface area contributed by atoms with E-state index in [0.717, 1.165) is 12.1 Å². The van der Waals surface area contributed by atoms with E-state index in [9.17, 15) is 9.59 Å². The second kappa shape index (κ2) is 10.5. The van der Waals surface area contributed by atoms with Crippen molar-refractivity contribution >= 4 is 23.8 Å². The van der Waals surface area contributed by atoms with Gasteiger partial charge in [0.15, 0.2) is 0 Å². The van der Waals surface area contributed by atoms with Crippen LogP contribution in [0.25, 0.3) is 0 Å². The fourth-order valence-electron chi connectivity index (χ4n) is 2.89. The van der Waals surface area contributed by atoms with Crippen molar-refractivity contribution in [2.24, 2.45) is 0 Å². The van der Waals surface area contributed by atoms with Crippen LogP contribution >= 0.6 is 0 Å². The number of nitrogens with one attached hydrogen (secondary N) is 2. The SMILES string of the molecule is CN(Cc1ccccc1)Cc1cc(NC(=O)OC(C)(C)C)nc(NC(=O)OC(C)(C)C)c1. The predicted octanol–water partition coefficient (Wildman–Crippen LogP) is 5.41. The van der Waals surface area contributed by atoms with Crippen molar-refractivity contribution in [1.29, 1.82) is 0 Å². The fraction of sp³-hybridized carbons (Fsp3) is 0.458. The van der Waals surface area contributed by atoms with Gasteiger partial charge in [0.05, 0.1) is 0 Å². The van der Waals surface area contributed by atoms with Crippen molar-refractivity contribution < 1.29 is 19.1 Å². The molecule has 0 aliphatic carbocycles. The largest absolute Gasteiger partial charge is 0.444 e. The van der Waals surface area contributed by atoms with E-state index in [2.05, 4.69) is 32.7 Å². The van der Waals surface area contributed by atoms with Crippen LogP contribution in [0, 0.1) is 0 Å². The van der Waals surface area contributed by atoms with Crippen molar-refractivity contribution in [3.8, 4) is 0 Å². The average molecular weight is 443 g/mol. The second-order valence-corrected chi connectivity index (χ2v) is 9.66. The number of carbonyl (C=O) groups is 2. The molecule has 32 heavy (non-hydrogen) atoms. The van der Waals surface area contributed by atoms with Crippen molar-refractivity contribution in [2.45, 2.75) is 65.8 Å². The minimum absolute atomic E-state index is 0.274. The van der Waals surface area contributed by atoms with Gasteiger partial charge in [0.1, 0.15) is 22.8 Å². The first kappa shape index (κ1) is 25.1. The Kier molecular flexibility index (Phi) is 8.21. The Morgan fingerprint density at radius 3 is 1.69 bits per heavy atom. The number of carbonyl (C=O) groups excluding carboxylic acids is 2. The number of nitrogens with zero attached hydrogens (tertiary/aromatic N) is 2. The quantitative estimate of drug-likeness (QED) is 0.622. The van der Waals surface area contributed by atoms with Crippen LogP contribution in [-0.2, 0) is 22.6 Å². The summed E-state index contributed by atoms with van der Waals surface area (Å²) in [5.41, 5.74) is 0.753. The molecule has 0 saturated heterocycles. The molecule has 8 nitrogen and oxygen atoms in total. The van der Waals surface area contributed by atoms with Crippen LogP contribution in [0.5, 0.6) is 0 Å². The van der Waals surface area contributed by atoms with Crippen LogP contribution in [0.4, 0.5) is 21.2 Å². The Morgan fingerprint density at radius 2 is 1.25 bits per heavy atom. The molecule has 0 bridgehead atoms. The van der Waals surface area contributed by atoms with E-state index >= 15 is 0 Å². The molecule has 0 aliphatic rings. The highest BCUT2D eigenvalue weighted by Crippen LogP contribution is 2.19. The lowest BCUT2D eigenvalue weighted by Gasteiger charge is -2.21. The zero-order chi connectivity index (χ0) is 23.9. The van der Waals surface area contributed by atoms with Gasteiger partial charge in [0.2, 0.25) is 0 Å². The Bertz CT molecular complexity index is 870. The molecule has 2 rings (SSSR count). The molecule has 2 amide bonds. The van der Waals surface area contributed by atoms with Crippen LogP contribution in [-0.4, -0.2) is 40.3 Å². The van der Waals surface area contributed by atoms with Gasteiger partial charge in [-0.25, -0.2) is 14.6 Å². The summed E-state index contributed by atoms with van der Waals surface area (Å²) in [7, 11) is 2.00. The van der Waals surface area contributed by atoms with E-state index in [0.29, 0.717) is 6.54 Å². The maximum atomic E-state index is 12.2. The second-order valence-electron chi connectivity index (χ2n) is 9.66. The number of aromatic nitrogens is 1. The van der Waals surface area contributed by atoms with Gasteiger partial charge in [-0.3, -0.25) is 15.5 Å². The number of hydrogen-bond acceptors (Lipinski definition) is 6. The molecule has 1 aromatic carbocycles. The highest BCUT2D eigenvalue weighted by atomic mass is 16.6. The number of ether oxygens (including phenoxy) is 2. The molecule has 2 aromatic rings. The van der Waals surface area contributed by atoms with Crippen LogP contribution in [0.15, 0.2) is 42.5 Å². The molecule has 1 aromatic heterocycles. The minimum Gasteiger partial charge on any atom is -0.444 e. The van der Waals surface area contributed by atoms with Gasteiger partial charge in [-0.15, -0.1) is 0 Å². The highest BCUT2D eigenvalue weighted by molar-refractivity contribution is 5.86. The van der Waals surface area contributed by atoms with Crippen molar-refractivity contribution in [1.82, 2.24) is 9.88 Å². The van der Waals surface area contributed by atoms with Gasteiger partial charge in [-0.2, -0.15) is 0 Å². The molecule has 8 heteroatoms. The molecule has 2 N–H and O–H groups in total. The summed E-state index contributed by atoms with van der Waals surface area (Å²) in [5.74, 6) is 0.548. The van der Waals surface area contributed by atoms with Gasteiger partial charge in [-0.1, -0.05) is 30.3 Å². The smallest absolute Gasteiger partial charge is 0.413 e. The first-order chi connectivity index (χ1) is 14.8. The lowest BCUT2D eigenvalue weighted by Crippen LogP contribution is -2.28. The summed E-state index contributed by atoms with van der Waals surface area (Å²) in [4.78, 5) is 30.9. The third kappa shape index (κ3) is 9.78. The number of anilines is 2. The Morgan fingerprint density at radius 1 is 0.812 bits per heavy atom.